The van der Waals surface area contributed by atoms with Gasteiger partial charge in [-0.05, 0) is 18.9 Å². The Kier molecular flexibility index (Phi) is 3.71. The second kappa shape index (κ2) is 5.10. The standard InChI is InChI=1S/C13H17NO3S/c1-10-2-4-11(5-3-10)8-14-13(15)12-6-7-18(16,17)9-12/h2-5,12H,6-9H2,1H3,(H,14,15)/t12-/m0/s1. The zero-order chi connectivity index (χ0) is 13.2. The van der Waals surface area contributed by atoms with Crippen LogP contribution in [0.4, 0.5) is 0 Å². The first-order valence-corrected chi connectivity index (χ1v) is 7.82. The fourth-order valence-corrected chi connectivity index (χ4v) is 3.78. The van der Waals surface area contributed by atoms with Crippen molar-refractivity contribution >= 4 is 15.7 Å². The van der Waals surface area contributed by atoms with Crippen LogP contribution in [0.15, 0.2) is 24.3 Å². The predicted octanol–water partition coefficient (Wildman–Crippen LogP) is 1.05. The molecule has 5 heteroatoms. The summed E-state index contributed by atoms with van der Waals surface area (Å²) in [5, 5.41) is 2.79. The number of amides is 1. The molecule has 1 aromatic rings. The fourth-order valence-electron chi connectivity index (χ4n) is 2.04. The number of rotatable bonds is 3. The topological polar surface area (TPSA) is 63.2 Å². The van der Waals surface area contributed by atoms with E-state index in [4.69, 9.17) is 0 Å². The third-order valence-electron chi connectivity index (χ3n) is 3.19. The van der Waals surface area contributed by atoms with Crippen molar-refractivity contribution in [2.24, 2.45) is 5.92 Å². The molecular weight excluding hydrogens is 250 g/mol. The Morgan fingerprint density at radius 1 is 1.33 bits per heavy atom. The number of hydrogen-bond donors (Lipinski definition) is 1. The van der Waals surface area contributed by atoms with E-state index in [1.165, 1.54) is 5.56 Å². The largest absolute Gasteiger partial charge is 0.352 e. The van der Waals surface area contributed by atoms with Gasteiger partial charge in [0.1, 0.15) is 0 Å². The van der Waals surface area contributed by atoms with E-state index in [1.54, 1.807) is 0 Å². The third kappa shape index (κ3) is 3.32. The van der Waals surface area contributed by atoms with Crippen molar-refractivity contribution in [2.45, 2.75) is 19.9 Å². The van der Waals surface area contributed by atoms with Crippen LogP contribution in [0.3, 0.4) is 0 Å². The Labute approximate surface area is 107 Å². The van der Waals surface area contributed by atoms with E-state index in [9.17, 15) is 13.2 Å². The second-order valence-corrected chi connectivity index (χ2v) is 7.03. The number of hydrogen-bond acceptors (Lipinski definition) is 3. The van der Waals surface area contributed by atoms with Gasteiger partial charge in [-0.1, -0.05) is 29.8 Å². The summed E-state index contributed by atoms with van der Waals surface area (Å²) in [5.41, 5.74) is 2.20. The highest BCUT2D eigenvalue weighted by Crippen LogP contribution is 2.18. The lowest BCUT2D eigenvalue weighted by molar-refractivity contribution is -0.124. The molecule has 18 heavy (non-hydrogen) atoms. The quantitative estimate of drug-likeness (QED) is 0.890. The predicted molar refractivity (Wildman–Crippen MR) is 69.8 cm³/mol. The Morgan fingerprint density at radius 3 is 2.56 bits per heavy atom. The number of carbonyl (C=O) groups is 1. The summed E-state index contributed by atoms with van der Waals surface area (Å²) in [6.45, 7) is 2.46. The average molecular weight is 267 g/mol. The molecule has 1 aliphatic rings. The first kappa shape index (κ1) is 13.1. The van der Waals surface area contributed by atoms with E-state index >= 15 is 0 Å². The van der Waals surface area contributed by atoms with Crippen LogP contribution in [0.5, 0.6) is 0 Å². The van der Waals surface area contributed by atoms with Gasteiger partial charge < -0.3 is 5.32 Å². The lowest BCUT2D eigenvalue weighted by Gasteiger charge is -2.09. The molecule has 0 aromatic heterocycles. The van der Waals surface area contributed by atoms with Crippen molar-refractivity contribution < 1.29 is 13.2 Å². The monoisotopic (exact) mass is 267 g/mol. The molecule has 1 saturated heterocycles. The van der Waals surface area contributed by atoms with E-state index in [-0.39, 0.29) is 23.3 Å². The Morgan fingerprint density at radius 2 is 2.00 bits per heavy atom. The maximum absolute atomic E-state index is 11.8. The van der Waals surface area contributed by atoms with Crippen molar-refractivity contribution in [3.63, 3.8) is 0 Å². The second-order valence-electron chi connectivity index (χ2n) is 4.80. The molecule has 1 N–H and O–H groups in total. The summed E-state index contributed by atoms with van der Waals surface area (Å²) in [6.07, 6.45) is 0.446. The SMILES string of the molecule is Cc1ccc(CNC(=O)[C@H]2CCS(=O)(=O)C2)cc1. The molecule has 1 amide bonds. The molecule has 1 aliphatic heterocycles. The molecule has 1 aromatic carbocycles. The molecule has 1 heterocycles. The number of sulfone groups is 1. The summed E-state index contributed by atoms with van der Waals surface area (Å²) < 4.78 is 22.6. The zero-order valence-corrected chi connectivity index (χ0v) is 11.2. The zero-order valence-electron chi connectivity index (χ0n) is 10.3. The van der Waals surface area contributed by atoms with Crippen LogP contribution in [0.1, 0.15) is 17.5 Å². The van der Waals surface area contributed by atoms with E-state index in [1.807, 2.05) is 31.2 Å². The fraction of sp³-hybridized carbons (Fsp3) is 0.462. The summed E-state index contributed by atoms with van der Waals surface area (Å²) in [5.74, 6) is -0.403. The van der Waals surface area contributed by atoms with Crippen molar-refractivity contribution in [2.75, 3.05) is 11.5 Å². The normalized spacial score (nSPS) is 21.7. The summed E-state index contributed by atoms with van der Waals surface area (Å²) in [4.78, 5) is 11.8. The minimum atomic E-state index is -2.99. The van der Waals surface area contributed by atoms with Crippen molar-refractivity contribution in [3.8, 4) is 0 Å². The average Bonchev–Trinajstić information content (AvgIpc) is 2.69. The van der Waals surface area contributed by atoms with Crippen LogP contribution in [0.2, 0.25) is 0 Å². The van der Waals surface area contributed by atoms with Gasteiger partial charge in [0.05, 0.1) is 17.4 Å². The highest BCUT2D eigenvalue weighted by atomic mass is 32.2. The molecule has 0 unspecified atom stereocenters. The van der Waals surface area contributed by atoms with Gasteiger partial charge >= 0.3 is 0 Å². The molecule has 2 rings (SSSR count). The van der Waals surface area contributed by atoms with Crippen molar-refractivity contribution in [3.05, 3.63) is 35.4 Å². The maximum atomic E-state index is 11.8. The number of nitrogens with one attached hydrogen (secondary N) is 1. The van der Waals surface area contributed by atoms with E-state index in [0.29, 0.717) is 13.0 Å². The van der Waals surface area contributed by atoms with Gasteiger partial charge in [-0.25, -0.2) is 8.42 Å². The number of carbonyl (C=O) groups excluding carboxylic acids is 1. The van der Waals surface area contributed by atoms with E-state index < -0.39 is 9.84 Å². The molecule has 0 bridgehead atoms. The summed E-state index contributed by atoms with van der Waals surface area (Å²) in [7, 11) is -2.99. The highest BCUT2D eigenvalue weighted by Gasteiger charge is 2.32. The summed E-state index contributed by atoms with van der Waals surface area (Å²) in [6, 6.07) is 7.89. The Balaban J connectivity index is 1.87. The summed E-state index contributed by atoms with van der Waals surface area (Å²) >= 11 is 0. The van der Waals surface area contributed by atoms with Crippen LogP contribution in [0, 0.1) is 12.8 Å². The van der Waals surface area contributed by atoms with Gasteiger partial charge in [0.2, 0.25) is 5.91 Å². The lowest BCUT2D eigenvalue weighted by atomic mass is 10.1. The van der Waals surface area contributed by atoms with E-state index in [0.717, 1.165) is 5.56 Å². The first-order valence-electron chi connectivity index (χ1n) is 6.00. The number of aryl methyl sites for hydroxylation is 1. The van der Waals surface area contributed by atoms with Gasteiger partial charge in [0, 0.05) is 6.54 Å². The van der Waals surface area contributed by atoms with Crippen LogP contribution in [-0.2, 0) is 21.2 Å². The van der Waals surface area contributed by atoms with Gasteiger partial charge in [0.25, 0.3) is 0 Å². The molecule has 0 radical (unpaired) electrons. The molecule has 4 nitrogen and oxygen atoms in total. The molecule has 0 spiro atoms. The first-order chi connectivity index (χ1) is 8.46. The molecule has 98 valence electrons. The minimum absolute atomic E-state index is 0.00721. The molecule has 0 aliphatic carbocycles. The molecular formula is C13H17NO3S. The third-order valence-corrected chi connectivity index (χ3v) is 4.96. The Hall–Kier alpha value is -1.36. The van der Waals surface area contributed by atoms with Crippen LogP contribution < -0.4 is 5.32 Å². The van der Waals surface area contributed by atoms with Crippen LogP contribution in [0.25, 0.3) is 0 Å². The van der Waals surface area contributed by atoms with Gasteiger partial charge in [-0.15, -0.1) is 0 Å². The molecule has 0 saturated carbocycles. The van der Waals surface area contributed by atoms with Gasteiger partial charge in [-0.2, -0.15) is 0 Å². The highest BCUT2D eigenvalue weighted by molar-refractivity contribution is 7.91. The van der Waals surface area contributed by atoms with Gasteiger partial charge in [-0.3, -0.25) is 4.79 Å². The number of benzene rings is 1. The van der Waals surface area contributed by atoms with Crippen LogP contribution >= 0.6 is 0 Å². The molecule has 1 atom stereocenters. The van der Waals surface area contributed by atoms with Gasteiger partial charge in [0.15, 0.2) is 9.84 Å². The minimum Gasteiger partial charge on any atom is -0.352 e. The van der Waals surface area contributed by atoms with Crippen molar-refractivity contribution in [1.82, 2.24) is 5.32 Å². The van der Waals surface area contributed by atoms with Crippen molar-refractivity contribution in [1.29, 1.82) is 0 Å². The Bertz CT molecular complexity index is 534. The van der Waals surface area contributed by atoms with E-state index in [2.05, 4.69) is 5.32 Å². The van der Waals surface area contributed by atoms with Crippen LogP contribution in [-0.4, -0.2) is 25.8 Å². The lowest BCUT2D eigenvalue weighted by Crippen LogP contribution is -2.30. The molecule has 1 fully saturated rings. The smallest absolute Gasteiger partial charge is 0.224 e. The maximum Gasteiger partial charge on any atom is 0.224 e.